The Bertz CT molecular complexity index is 928. The number of ether oxygens (including phenoxy) is 1. The summed E-state index contributed by atoms with van der Waals surface area (Å²) >= 11 is 0. The SMILES string of the molecule is C[C@@H]1CC2[C@@H]3CCC4=C/C(=N/NC(=O)CN)C=C[C@]4(C)C3[C@@H](O)C[C@@]23O[C@]13C(=O)CO. The summed E-state index contributed by atoms with van der Waals surface area (Å²) < 4.78 is 6.20. The van der Waals surface area contributed by atoms with Crippen LogP contribution in [0.1, 0.15) is 39.5 Å². The Morgan fingerprint density at radius 1 is 1.42 bits per heavy atom. The second kappa shape index (κ2) is 6.81. The fraction of sp³-hybridized carbons (Fsp3) is 0.696. The predicted molar refractivity (Wildman–Crippen MR) is 113 cm³/mol. The maximum Gasteiger partial charge on any atom is 0.253 e. The molecule has 4 fully saturated rings. The number of nitrogens with zero attached hydrogens (tertiary/aromatic N) is 1. The lowest BCUT2D eigenvalue weighted by atomic mass is 9.49. The van der Waals surface area contributed by atoms with Crippen molar-refractivity contribution in [1.29, 1.82) is 0 Å². The number of carbonyl (C=O) groups excluding carboxylic acids is 2. The number of fused-ring (bicyclic) bond motifs is 4. The van der Waals surface area contributed by atoms with Crippen molar-refractivity contribution in [2.75, 3.05) is 13.2 Å². The Labute approximate surface area is 181 Å². The van der Waals surface area contributed by atoms with E-state index in [2.05, 4.69) is 23.5 Å². The monoisotopic (exact) mass is 429 g/mol. The van der Waals surface area contributed by atoms with E-state index in [4.69, 9.17) is 10.5 Å². The van der Waals surface area contributed by atoms with Crippen molar-refractivity contribution in [2.24, 2.45) is 39.9 Å². The Kier molecular flexibility index (Phi) is 4.61. The second-order valence-electron chi connectivity index (χ2n) is 10.1. The van der Waals surface area contributed by atoms with Crippen molar-refractivity contribution in [2.45, 2.75) is 56.8 Å². The molecule has 5 rings (SSSR count). The molecule has 1 spiro atoms. The number of nitrogens with one attached hydrogen (secondary N) is 1. The van der Waals surface area contributed by atoms with Crippen LogP contribution in [0.2, 0.25) is 0 Å². The van der Waals surface area contributed by atoms with Crippen LogP contribution in [-0.2, 0) is 14.3 Å². The molecule has 31 heavy (non-hydrogen) atoms. The lowest BCUT2D eigenvalue weighted by Crippen LogP contribution is -2.56. The Morgan fingerprint density at radius 3 is 2.90 bits per heavy atom. The van der Waals surface area contributed by atoms with Crippen LogP contribution in [0.5, 0.6) is 0 Å². The number of allylic oxidation sites excluding steroid dienone is 4. The van der Waals surface area contributed by atoms with E-state index in [1.807, 2.05) is 19.1 Å². The first-order valence-corrected chi connectivity index (χ1v) is 11.2. The molecule has 1 amide bonds. The van der Waals surface area contributed by atoms with Crippen LogP contribution in [0, 0.1) is 29.1 Å². The van der Waals surface area contributed by atoms with E-state index in [9.17, 15) is 19.8 Å². The van der Waals surface area contributed by atoms with Gasteiger partial charge < -0.3 is 20.7 Å². The smallest absolute Gasteiger partial charge is 0.253 e. The summed E-state index contributed by atoms with van der Waals surface area (Å²) in [7, 11) is 0. The van der Waals surface area contributed by atoms with Gasteiger partial charge in [0, 0.05) is 17.8 Å². The third kappa shape index (κ3) is 2.59. The molecule has 5 N–H and O–H groups in total. The highest BCUT2D eigenvalue weighted by Crippen LogP contribution is 2.74. The van der Waals surface area contributed by atoms with Gasteiger partial charge in [-0.05, 0) is 49.2 Å². The third-order valence-corrected chi connectivity index (χ3v) is 8.84. The van der Waals surface area contributed by atoms with Gasteiger partial charge >= 0.3 is 0 Å². The number of epoxide rings is 1. The van der Waals surface area contributed by atoms with Crippen LogP contribution in [0.4, 0.5) is 0 Å². The number of hydrazone groups is 1. The molecule has 1 aliphatic heterocycles. The quantitative estimate of drug-likeness (QED) is 0.378. The molecule has 0 aromatic carbocycles. The molecule has 5 aliphatic rings. The van der Waals surface area contributed by atoms with E-state index in [-0.39, 0.29) is 47.3 Å². The van der Waals surface area contributed by atoms with Crippen molar-refractivity contribution in [1.82, 2.24) is 5.43 Å². The van der Waals surface area contributed by atoms with Gasteiger partial charge in [0.25, 0.3) is 5.91 Å². The number of aliphatic hydroxyl groups excluding tert-OH is 2. The maximum absolute atomic E-state index is 12.6. The van der Waals surface area contributed by atoms with E-state index in [1.165, 1.54) is 5.57 Å². The number of hydrogen-bond donors (Lipinski definition) is 4. The first kappa shape index (κ1) is 21.0. The topological polar surface area (TPSA) is 138 Å². The Balaban J connectivity index is 1.45. The zero-order valence-electron chi connectivity index (χ0n) is 18.0. The summed E-state index contributed by atoms with van der Waals surface area (Å²) in [5, 5.41) is 25.1. The summed E-state index contributed by atoms with van der Waals surface area (Å²) in [5.74, 6) is -0.0734. The van der Waals surface area contributed by atoms with Crippen LogP contribution < -0.4 is 11.2 Å². The van der Waals surface area contributed by atoms with Gasteiger partial charge in [-0.25, -0.2) is 5.43 Å². The highest BCUT2D eigenvalue weighted by atomic mass is 16.6. The van der Waals surface area contributed by atoms with Crippen LogP contribution in [0.15, 0.2) is 28.9 Å². The molecule has 8 heteroatoms. The molecule has 3 saturated carbocycles. The Hall–Kier alpha value is -1.87. The first-order chi connectivity index (χ1) is 14.7. The van der Waals surface area contributed by atoms with Gasteiger partial charge in [-0.1, -0.05) is 25.5 Å². The van der Waals surface area contributed by atoms with E-state index < -0.39 is 23.9 Å². The van der Waals surface area contributed by atoms with Crippen molar-refractivity contribution < 1.29 is 24.5 Å². The van der Waals surface area contributed by atoms with Crippen molar-refractivity contribution in [3.8, 4) is 0 Å². The third-order valence-electron chi connectivity index (χ3n) is 8.84. The summed E-state index contributed by atoms with van der Waals surface area (Å²) in [6, 6.07) is 0. The number of carbonyl (C=O) groups is 2. The van der Waals surface area contributed by atoms with Crippen LogP contribution >= 0.6 is 0 Å². The fourth-order valence-corrected chi connectivity index (χ4v) is 7.60. The highest BCUT2D eigenvalue weighted by molar-refractivity contribution is 6.06. The summed E-state index contributed by atoms with van der Waals surface area (Å²) in [6.45, 7) is 3.57. The molecule has 1 heterocycles. The summed E-state index contributed by atoms with van der Waals surface area (Å²) in [4.78, 5) is 24.1. The van der Waals surface area contributed by atoms with Gasteiger partial charge in [0.05, 0.1) is 18.4 Å². The van der Waals surface area contributed by atoms with Gasteiger partial charge in [0.2, 0.25) is 0 Å². The number of ketones is 1. The minimum atomic E-state index is -0.918. The average molecular weight is 430 g/mol. The first-order valence-electron chi connectivity index (χ1n) is 11.2. The number of hydrogen-bond acceptors (Lipinski definition) is 7. The van der Waals surface area contributed by atoms with E-state index in [0.29, 0.717) is 12.1 Å². The number of Topliss-reactive ketones (excluding diaryl/α,β-unsaturated/α-hetero) is 1. The molecule has 4 aliphatic carbocycles. The van der Waals surface area contributed by atoms with Gasteiger partial charge in [-0.3, -0.25) is 9.59 Å². The minimum Gasteiger partial charge on any atom is -0.393 e. The molecule has 8 atom stereocenters. The van der Waals surface area contributed by atoms with E-state index in [1.54, 1.807) is 0 Å². The van der Waals surface area contributed by atoms with Gasteiger partial charge in [0.1, 0.15) is 12.2 Å². The van der Waals surface area contributed by atoms with Gasteiger partial charge in [-0.15, -0.1) is 0 Å². The second-order valence-corrected chi connectivity index (χ2v) is 10.1. The predicted octanol–water partition coefficient (Wildman–Crippen LogP) is 0.436. The lowest BCUT2D eigenvalue weighted by molar-refractivity contribution is -0.128. The summed E-state index contributed by atoms with van der Waals surface area (Å²) in [5.41, 5.74) is 7.78. The number of nitrogens with two attached hydrogens (primary N) is 1. The average Bonchev–Trinajstić information content (AvgIpc) is 3.35. The molecule has 0 aromatic rings. The molecule has 0 radical (unpaired) electrons. The van der Waals surface area contributed by atoms with E-state index >= 15 is 0 Å². The maximum atomic E-state index is 12.6. The largest absolute Gasteiger partial charge is 0.393 e. The normalized spacial score (nSPS) is 48.2. The van der Waals surface area contributed by atoms with Crippen LogP contribution in [0.25, 0.3) is 0 Å². The van der Waals surface area contributed by atoms with Gasteiger partial charge in [-0.2, -0.15) is 5.10 Å². The van der Waals surface area contributed by atoms with Crippen LogP contribution in [-0.4, -0.2) is 58.1 Å². The molecule has 168 valence electrons. The number of amides is 1. The molecule has 0 bridgehead atoms. The Morgan fingerprint density at radius 2 is 2.19 bits per heavy atom. The minimum absolute atomic E-state index is 0.0241. The lowest BCUT2D eigenvalue weighted by Gasteiger charge is -2.55. The van der Waals surface area contributed by atoms with E-state index in [0.717, 1.165) is 19.3 Å². The zero-order chi connectivity index (χ0) is 22.2. The number of rotatable bonds is 4. The zero-order valence-corrected chi connectivity index (χ0v) is 18.0. The van der Waals surface area contributed by atoms with Crippen molar-refractivity contribution >= 4 is 17.4 Å². The fourth-order valence-electron chi connectivity index (χ4n) is 7.60. The number of aliphatic hydroxyl groups is 2. The molecule has 8 nitrogen and oxygen atoms in total. The van der Waals surface area contributed by atoms with Gasteiger partial charge in [0.15, 0.2) is 11.4 Å². The molecular weight excluding hydrogens is 398 g/mol. The molecule has 2 unspecified atom stereocenters. The van der Waals surface area contributed by atoms with Crippen molar-refractivity contribution in [3.63, 3.8) is 0 Å². The summed E-state index contributed by atoms with van der Waals surface area (Å²) in [6.07, 6.45) is 8.49. The highest BCUT2D eigenvalue weighted by Gasteiger charge is 2.85. The van der Waals surface area contributed by atoms with Crippen molar-refractivity contribution in [3.05, 3.63) is 23.8 Å². The molecular formula is C23H31N3O5. The standard InChI is InChI=1S/C23H31N3O5/c1-12-7-16-15-4-3-13-8-14(25-26-19(30)10-24)5-6-21(13,2)20(15)17(28)9-22(16)23(12,31-22)18(29)11-27/h5-6,8,12,15-17,20,27-28H,3-4,7,9-11,24H2,1-2H3,(H,26,30)/b25-14+/t12-,15+,16?,17+,20?,21+,22-,23+/m1/s1. The van der Waals surface area contributed by atoms with Crippen LogP contribution in [0.3, 0.4) is 0 Å². The molecule has 1 saturated heterocycles. The molecule has 0 aromatic heterocycles.